The lowest BCUT2D eigenvalue weighted by atomic mass is 9.95. The predicted molar refractivity (Wildman–Crippen MR) is 53.6 cm³/mol. The van der Waals surface area contributed by atoms with Crippen molar-refractivity contribution in [3.63, 3.8) is 0 Å². The summed E-state index contributed by atoms with van der Waals surface area (Å²) in [5.74, 6) is 0.371. The molecule has 1 aliphatic carbocycles. The van der Waals surface area contributed by atoms with Gasteiger partial charge in [-0.25, -0.2) is 0 Å². The van der Waals surface area contributed by atoms with E-state index in [1.165, 1.54) is 11.1 Å². The number of aliphatic hydroxyl groups excluding tert-OH is 1. The van der Waals surface area contributed by atoms with Gasteiger partial charge < -0.3 is 5.11 Å². The maximum absolute atomic E-state index is 9.47. The van der Waals surface area contributed by atoms with E-state index in [4.69, 9.17) is 0 Å². The van der Waals surface area contributed by atoms with Gasteiger partial charge >= 0.3 is 0 Å². The van der Waals surface area contributed by atoms with Crippen LogP contribution in [0.1, 0.15) is 24.3 Å². The van der Waals surface area contributed by atoms with E-state index in [9.17, 15) is 5.11 Å². The number of hydrogen-bond donors (Lipinski definition) is 1. The third-order valence-electron chi connectivity index (χ3n) is 2.70. The van der Waals surface area contributed by atoms with E-state index in [-0.39, 0.29) is 6.10 Å². The van der Waals surface area contributed by atoms with Crippen LogP contribution in [-0.2, 0) is 0 Å². The molecule has 1 saturated carbocycles. The second kappa shape index (κ2) is 3.35. The first kappa shape index (κ1) is 8.52. The molecule has 1 aliphatic rings. The standard InChI is InChI=1S/C12H14O/c1-9-7-11(13)8-12(9)10-5-3-2-4-6-10/h2-6,11-13H,1,7-8H2/t11-,12-/m0/s1. The zero-order chi connectivity index (χ0) is 9.26. The molecule has 1 aromatic rings. The van der Waals surface area contributed by atoms with Crippen LogP contribution in [0.5, 0.6) is 0 Å². The van der Waals surface area contributed by atoms with Gasteiger partial charge in [-0.05, 0) is 18.4 Å². The van der Waals surface area contributed by atoms with Crippen molar-refractivity contribution in [1.82, 2.24) is 0 Å². The summed E-state index contributed by atoms with van der Waals surface area (Å²) in [6, 6.07) is 10.3. The fourth-order valence-electron chi connectivity index (χ4n) is 2.02. The predicted octanol–water partition coefficient (Wildman–Crippen LogP) is 2.48. The van der Waals surface area contributed by atoms with Crippen molar-refractivity contribution in [2.24, 2.45) is 0 Å². The van der Waals surface area contributed by atoms with Crippen LogP contribution >= 0.6 is 0 Å². The number of hydrogen-bond acceptors (Lipinski definition) is 1. The molecule has 13 heavy (non-hydrogen) atoms. The molecule has 0 saturated heterocycles. The van der Waals surface area contributed by atoms with Crippen LogP contribution in [0.2, 0.25) is 0 Å². The Bertz CT molecular complexity index is 302. The third-order valence-corrected chi connectivity index (χ3v) is 2.70. The van der Waals surface area contributed by atoms with Gasteiger partial charge in [0, 0.05) is 5.92 Å². The Labute approximate surface area is 78.7 Å². The van der Waals surface area contributed by atoms with Gasteiger partial charge in [-0.2, -0.15) is 0 Å². The van der Waals surface area contributed by atoms with Gasteiger partial charge in [-0.15, -0.1) is 0 Å². The fraction of sp³-hybridized carbons (Fsp3) is 0.333. The van der Waals surface area contributed by atoms with Gasteiger partial charge in [-0.1, -0.05) is 42.5 Å². The van der Waals surface area contributed by atoms with Crippen LogP contribution in [-0.4, -0.2) is 11.2 Å². The van der Waals surface area contributed by atoms with E-state index in [0.29, 0.717) is 5.92 Å². The zero-order valence-electron chi connectivity index (χ0n) is 7.61. The highest BCUT2D eigenvalue weighted by Gasteiger charge is 2.27. The van der Waals surface area contributed by atoms with Crippen molar-refractivity contribution in [3.05, 3.63) is 48.0 Å². The molecule has 0 aliphatic heterocycles. The van der Waals surface area contributed by atoms with Gasteiger partial charge in [0.15, 0.2) is 0 Å². The first-order valence-corrected chi connectivity index (χ1v) is 4.68. The van der Waals surface area contributed by atoms with Crippen molar-refractivity contribution in [2.45, 2.75) is 24.9 Å². The average molecular weight is 174 g/mol. The molecule has 0 spiro atoms. The lowest BCUT2D eigenvalue weighted by Crippen LogP contribution is -1.99. The first-order chi connectivity index (χ1) is 6.27. The van der Waals surface area contributed by atoms with Crippen LogP contribution < -0.4 is 0 Å². The maximum atomic E-state index is 9.47. The molecule has 1 aromatic carbocycles. The van der Waals surface area contributed by atoms with Crippen LogP contribution in [0.15, 0.2) is 42.5 Å². The maximum Gasteiger partial charge on any atom is 0.0586 e. The first-order valence-electron chi connectivity index (χ1n) is 4.68. The second-order valence-corrected chi connectivity index (χ2v) is 3.72. The quantitative estimate of drug-likeness (QED) is 0.648. The Balaban J connectivity index is 2.23. The third kappa shape index (κ3) is 1.65. The Morgan fingerprint density at radius 3 is 2.46 bits per heavy atom. The number of benzene rings is 1. The minimum absolute atomic E-state index is 0.183. The molecule has 2 rings (SSSR count). The Morgan fingerprint density at radius 1 is 1.23 bits per heavy atom. The summed E-state index contributed by atoms with van der Waals surface area (Å²) < 4.78 is 0. The van der Waals surface area contributed by atoms with Crippen LogP contribution in [0.25, 0.3) is 0 Å². The van der Waals surface area contributed by atoms with E-state index in [1.54, 1.807) is 0 Å². The minimum atomic E-state index is -0.183. The smallest absolute Gasteiger partial charge is 0.0586 e. The Kier molecular flexibility index (Phi) is 2.19. The molecule has 1 fully saturated rings. The summed E-state index contributed by atoms with van der Waals surface area (Å²) in [7, 11) is 0. The van der Waals surface area contributed by atoms with Gasteiger partial charge in [0.25, 0.3) is 0 Å². The monoisotopic (exact) mass is 174 g/mol. The van der Waals surface area contributed by atoms with E-state index in [0.717, 1.165) is 12.8 Å². The summed E-state index contributed by atoms with van der Waals surface area (Å²) in [6.45, 7) is 4.00. The highest BCUT2D eigenvalue weighted by Crippen LogP contribution is 2.37. The SMILES string of the molecule is C=C1C[C@H](O)C[C@@H]1c1ccccc1. The van der Waals surface area contributed by atoms with E-state index < -0.39 is 0 Å². The highest BCUT2D eigenvalue weighted by molar-refractivity contribution is 5.30. The summed E-state index contributed by atoms with van der Waals surface area (Å²) >= 11 is 0. The van der Waals surface area contributed by atoms with Gasteiger partial charge in [0.05, 0.1) is 6.10 Å². The average Bonchev–Trinajstić information content (AvgIpc) is 2.47. The number of aliphatic hydroxyl groups is 1. The van der Waals surface area contributed by atoms with E-state index in [1.807, 2.05) is 18.2 Å². The van der Waals surface area contributed by atoms with Crippen molar-refractivity contribution in [1.29, 1.82) is 0 Å². The summed E-state index contributed by atoms with van der Waals surface area (Å²) in [5, 5.41) is 9.47. The highest BCUT2D eigenvalue weighted by atomic mass is 16.3. The molecule has 0 bridgehead atoms. The van der Waals surface area contributed by atoms with Gasteiger partial charge in [-0.3, -0.25) is 0 Å². The van der Waals surface area contributed by atoms with Gasteiger partial charge in [0.1, 0.15) is 0 Å². The molecule has 2 atom stereocenters. The largest absolute Gasteiger partial charge is 0.393 e. The molecular formula is C12H14O. The van der Waals surface area contributed by atoms with Crippen LogP contribution in [0, 0.1) is 0 Å². The summed E-state index contributed by atoms with van der Waals surface area (Å²) in [4.78, 5) is 0. The van der Waals surface area contributed by atoms with Crippen LogP contribution in [0.4, 0.5) is 0 Å². The Morgan fingerprint density at radius 2 is 1.92 bits per heavy atom. The molecule has 1 N–H and O–H groups in total. The van der Waals surface area contributed by atoms with Crippen molar-refractivity contribution in [3.8, 4) is 0 Å². The second-order valence-electron chi connectivity index (χ2n) is 3.72. The molecule has 0 aromatic heterocycles. The van der Waals surface area contributed by atoms with Gasteiger partial charge in [0.2, 0.25) is 0 Å². The van der Waals surface area contributed by atoms with Crippen LogP contribution in [0.3, 0.4) is 0 Å². The summed E-state index contributed by atoms with van der Waals surface area (Å²) in [5.41, 5.74) is 2.45. The topological polar surface area (TPSA) is 20.2 Å². The molecule has 0 radical (unpaired) electrons. The molecule has 1 nitrogen and oxygen atoms in total. The molecule has 68 valence electrons. The van der Waals surface area contributed by atoms with Crippen molar-refractivity contribution >= 4 is 0 Å². The van der Waals surface area contributed by atoms with Crippen molar-refractivity contribution in [2.75, 3.05) is 0 Å². The fourth-order valence-corrected chi connectivity index (χ4v) is 2.02. The lowest BCUT2D eigenvalue weighted by Gasteiger charge is -2.10. The number of rotatable bonds is 1. The molecule has 0 heterocycles. The normalized spacial score (nSPS) is 27.9. The van der Waals surface area contributed by atoms with E-state index >= 15 is 0 Å². The summed E-state index contributed by atoms with van der Waals surface area (Å²) in [6.07, 6.45) is 1.42. The molecule has 0 unspecified atom stereocenters. The zero-order valence-corrected chi connectivity index (χ0v) is 7.61. The molecule has 1 heteroatoms. The molecular weight excluding hydrogens is 160 g/mol. The van der Waals surface area contributed by atoms with Crippen molar-refractivity contribution < 1.29 is 5.11 Å². The Hall–Kier alpha value is -1.08. The lowest BCUT2D eigenvalue weighted by molar-refractivity contribution is 0.183. The van der Waals surface area contributed by atoms with E-state index in [2.05, 4.69) is 18.7 Å². The molecule has 0 amide bonds. The minimum Gasteiger partial charge on any atom is -0.393 e.